The summed E-state index contributed by atoms with van der Waals surface area (Å²) in [5, 5.41) is 3.39. The van der Waals surface area contributed by atoms with Gasteiger partial charge in [0.25, 0.3) is 0 Å². The number of nitrogens with one attached hydrogen (secondary N) is 1. The maximum atomic E-state index is 13.6. The zero-order valence-corrected chi connectivity index (χ0v) is 9.27. The number of nitrogens with zero attached hydrogens (tertiary/aromatic N) is 1. The van der Waals surface area contributed by atoms with Crippen LogP contribution in [0.25, 0.3) is 0 Å². The minimum Gasteiger partial charge on any atom is -0.316 e. The van der Waals surface area contributed by atoms with Crippen LogP contribution in [0, 0.1) is 5.41 Å². The van der Waals surface area contributed by atoms with Gasteiger partial charge in [-0.15, -0.1) is 0 Å². The molecule has 14 heavy (non-hydrogen) atoms. The molecular weight excluding hydrogens is 179 g/mol. The van der Waals surface area contributed by atoms with Crippen molar-refractivity contribution in [3.8, 4) is 0 Å². The van der Waals surface area contributed by atoms with Crippen LogP contribution in [-0.4, -0.2) is 43.3 Å². The lowest BCUT2D eigenvalue weighted by atomic mass is 9.89. The molecule has 0 saturated carbocycles. The van der Waals surface area contributed by atoms with E-state index in [-0.39, 0.29) is 0 Å². The second-order valence-electron chi connectivity index (χ2n) is 5.61. The first-order valence-electron chi connectivity index (χ1n) is 5.61. The van der Waals surface area contributed by atoms with Crippen LogP contribution in [0.5, 0.6) is 0 Å². The summed E-state index contributed by atoms with van der Waals surface area (Å²) in [4.78, 5) is 2.28. The Labute approximate surface area is 85.9 Å². The van der Waals surface area contributed by atoms with Gasteiger partial charge in [0.1, 0.15) is 5.67 Å². The Kier molecular flexibility index (Phi) is 2.56. The SMILES string of the molecule is CC1(F)CCN(CC2(C)CCNC2)C1. The molecule has 0 bridgehead atoms. The molecule has 0 radical (unpaired) electrons. The summed E-state index contributed by atoms with van der Waals surface area (Å²) in [7, 11) is 0. The van der Waals surface area contributed by atoms with Crippen molar-refractivity contribution in [1.82, 2.24) is 10.2 Å². The minimum absolute atomic E-state index is 0.375. The Morgan fingerprint density at radius 2 is 2.14 bits per heavy atom. The molecule has 0 aliphatic carbocycles. The zero-order valence-electron chi connectivity index (χ0n) is 9.27. The molecule has 1 N–H and O–H groups in total. The van der Waals surface area contributed by atoms with Crippen molar-refractivity contribution in [3.05, 3.63) is 0 Å². The predicted octanol–water partition coefficient (Wildman–Crippen LogP) is 1.42. The average Bonchev–Trinajstić information content (AvgIpc) is 2.59. The highest BCUT2D eigenvalue weighted by Gasteiger charge is 2.38. The van der Waals surface area contributed by atoms with E-state index in [1.54, 1.807) is 6.92 Å². The summed E-state index contributed by atoms with van der Waals surface area (Å²) in [5.74, 6) is 0. The van der Waals surface area contributed by atoms with Gasteiger partial charge in [-0.2, -0.15) is 0 Å². The fourth-order valence-electron chi connectivity index (χ4n) is 2.69. The van der Waals surface area contributed by atoms with Crippen molar-refractivity contribution in [3.63, 3.8) is 0 Å². The van der Waals surface area contributed by atoms with E-state index in [1.165, 1.54) is 6.42 Å². The lowest BCUT2D eigenvalue weighted by Crippen LogP contribution is -2.37. The predicted molar refractivity (Wildman–Crippen MR) is 56.2 cm³/mol. The quantitative estimate of drug-likeness (QED) is 0.725. The summed E-state index contributed by atoms with van der Waals surface area (Å²) >= 11 is 0. The number of hydrogen-bond acceptors (Lipinski definition) is 2. The molecular formula is C11H21FN2. The third-order valence-corrected chi connectivity index (χ3v) is 3.57. The maximum absolute atomic E-state index is 13.6. The molecule has 2 rings (SSSR count). The van der Waals surface area contributed by atoms with E-state index in [4.69, 9.17) is 0 Å². The van der Waals surface area contributed by atoms with E-state index in [2.05, 4.69) is 17.1 Å². The monoisotopic (exact) mass is 200 g/mol. The Balaban J connectivity index is 1.86. The fourth-order valence-corrected chi connectivity index (χ4v) is 2.69. The van der Waals surface area contributed by atoms with E-state index in [0.29, 0.717) is 18.4 Å². The second-order valence-corrected chi connectivity index (χ2v) is 5.61. The van der Waals surface area contributed by atoms with E-state index in [9.17, 15) is 4.39 Å². The molecule has 2 unspecified atom stereocenters. The Morgan fingerprint density at radius 1 is 1.36 bits per heavy atom. The van der Waals surface area contributed by atoms with Crippen molar-refractivity contribution in [2.24, 2.45) is 5.41 Å². The molecule has 2 saturated heterocycles. The van der Waals surface area contributed by atoms with Gasteiger partial charge in [0, 0.05) is 26.2 Å². The lowest BCUT2D eigenvalue weighted by molar-refractivity contribution is 0.158. The highest BCUT2D eigenvalue weighted by molar-refractivity contribution is 4.92. The largest absolute Gasteiger partial charge is 0.316 e. The van der Waals surface area contributed by atoms with Crippen LogP contribution in [0.1, 0.15) is 26.7 Å². The van der Waals surface area contributed by atoms with Gasteiger partial charge in [0.15, 0.2) is 0 Å². The molecule has 0 amide bonds. The van der Waals surface area contributed by atoms with Crippen molar-refractivity contribution < 1.29 is 4.39 Å². The van der Waals surface area contributed by atoms with Gasteiger partial charge in [0.05, 0.1) is 0 Å². The summed E-state index contributed by atoms with van der Waals surface area (Å²) < 4.78 is 13.6. The summed E-state index contributed by atoms with van der Waals surface area (Å²) in [6, 6.07) is 0. The molecule has 3 heteroatoms. The molecule has 2 fully saturated rings. The number of halogens is 1. The number of alkyl halides is 1. The molecule has 2 aliphatic rings. The molecule has 2 atom stereocenters. The third kappa shape index (κ3) is 2.26. The first-order chi connectivity index (χ1) is 6.49. The summed E-state index contributed by atoms with van der Waals surface area (Å²) in [6.07, 6.45) is 1.93. The first-order valence-corrected chi connectivity index (χ1v) is 5.61. The molecule has 2 nitrogen and oxygen atoms in total. The van der Waals surface area contributed by atoms with Gasteiger partial charge in [-0.1, -0.05) is 6.92 Å². The van der Waals surface area contributed by atoms with Crippen LogP contribution in [0.3, 0.4) is 0 Å². The van der Waals surface area contributed by atoms with Crippen LogP contribution in [0.2, 0.25) is 0 Å². The van der Waals surface area contributed by atoms with Crippen LogP contribution < -0.4 is 5.32 Å². The Hall–Kier alpha value is -0.150. The van der Waals surface area contributed by atoms with E-state index < -0.39 is 5.67 Å². The molecule has 0 aromatic rings. The Bertz CT molecular complexity index is 209. The van der Waals surface area contributed by atoms with Crippen molar-refractivity contribution in [2.45, 2.75) is 32.4 Å². The van der Waals surface area contributed by atoms with Gasteiger partial charge >= 0.3 is 0 Å². The smallest absolute Gasteiger partial charge is 0.122 e. The zero-order chi connectivity index (χ0) is 10.2. The van der Waals surface area contributed by atoms with Gasteiger partial charge in [-0.25, -0.2) is 4.39 Å². The maximum Gasteiger partial charge on any atom is 0.122 e. The topological polar surface area (TPSA) is 15.3 Å². The number of likely N-dealkylation sites (tertiary alicyclic amines) is 1. The summed E-state index contributed by atoms with van der Waals surface area (Å²) in [6.45, 7) is 8.86. The highest BCUT2D eigenvalue weighted by Crippen LogP contribution is 2.31. The number of rotatable bonds is 2. The van der Waals surface area contributed by atoms with Crippen LogP contribution in [-0.2, 0) is 0 Å². The van der Waals surface area contributed by atoms with Gasteiger partial charge in [-0.3, -0.25) is 4.90 Å². The molecule has 0 aromatic heterocycles. The molecule has 2 aliphatic heterocycles. The standard InChI is InChI=1S/C11H21FN2/c1-10(3-5-13-7-10)8-14-6-4-11(2,12)9-14/h13H,3-9H2,1-2H3. The average molecular weight is 200 g/mol. The third-order valence-electron chi connectivity index (χ3n) is 3.57. The second kappa shape index (κ2) is 3.46. The van der Waals surface area contributed by atoms with E-state index in [1.807, 2.05) is 0 Å². The highest BCUT2D eigenvalue weighted by atomic mass is 19.1. The molecule has 0 spiro atoms. The van der Waals surface area contributed by atoms with Crippen LogP contribution >= 0.6 is 0 Å². The van der Waals surface area contributed by atoms with Crippen molar-refractivity contribution in [2.75, 3.05) is 32.7 Å². The summed E-state index contributed by atoms with van der Waals surface area (Å²) in [5.41, 5.74) is -0.567. The normalized spacial score (nSPS) is 44.8. The lowest BCUT2D eigenvalue weighted by Gasteiger charge is -2.29. The molecule has 2 heterocycles. The first kappa shape index (κ1) is 10.4. The van der Waals surface area contributed by atoms with E-state index in [0.717, 1.165) is 26.2 Å². The van der Waals surface area contributed by atoms with Gasteiger partial charge < -0.3 is 5.32 Å². The van der Waals surface area contributed by atoms with Crippen LogP contribution in [0.15, 0.2) is 0 Å². The van der Waals surface area contributed by atoms with Gasteiger partial charge in [-0.05, 0) is 31.7 Å². The molecule has 82 valence electrons. The Morgan fingerprint density at radius 3 is 2.64 bits per heavy atom. The van der Waals surface area contributed by atoms with Crippen LogP contribution in [0.4, 0.5) is 4.39 Å². The minimum atomic E-state index is -0.942. The molecule has 0 aromatic carbocycles. The van der Waals surface area contributed by atoms with Gasteiger partial charge in [0.2, 0.25) is 0 Å². The van der Waals surface area contributed by atoms with E-state index >= 15 is 0 Å². The number of hydrogen-bond donors (Lipinski definition) is 1. The van der Waals surface area contributed by atoms with Crippen molar-refractivity contribution in [1.29, 1.82) is 0 Å². The fraction of sp³-hybridized carbons (Fsp3) is 1.00. The van der Waals surface area contributed by atoms with Crippen molar-refractivity contribution >= 4 is 0 Å².